The van der Waals surface area contributed by atoms with Gasteiger partial charge in [-0.05, 0) is 43.7 Å². The van der Waals surface area contributed by atoms with E-state index < -0.39 is 0 Å². The number of hydrogen-bond acceptors (Lipinski definition) is 4. The summed E-state index contributed by atoms with van der Waals surface area (Å²) >= 11 is 0. The zero-order valence-corrected chi connectivity index (χ0v) is 15.7. The minimum absolute atomic E-state index is 0.00138. The molecular formula is C21H27N3O2. The van der Waals surface area contributed by atoms with Crippen molar-refractivity contribution in [3.8, 4) is 5.75 Å². The molecule has 1 atom stereocenters. The highest BCUT2D eigenvalue weighted by Gasteiger charge is 2.26. The Labute approximate surface area is 155 Å². The summed E-state index contributed by atoms with van der Waals surface area (Å²) in [4.78, 5) is 17.3. The lowest BCUT2D eigenvalue weighted by Gasteiger charge is -2.38. The number of carbonyl (C=O) groups is 1. The van der Waals surface area contributed by atoms with Crippen LogP contribution in [-0.4, -0.2) is 50.1 Å². The van der Waals surface area contributed by atoms with Crippen molar-refractivity contribution >= 4 is 17.3 Å². The van der Waals surface area contributed by atoms with Crippen molar-refractivity contribution < 1.29 is 9.53 Å². The number of benzene rings is 2. The zero-order chi connectivity index (χ0) is 18.5. The average Bonchev–Trinajstić information content (AvgIpc) is 2.68. The number of ether oxygens (including phenoxy) is 1. The first kappa shape index (κ1) is 18.3. The quantitative estimate of drug-likeness (QED) is 0.897. The topological polar surface area (TPSA) is 44.8 Å². The van der Waals surface area contributed by atoms with E-state index in [9.17, 15) is 4.79 Å². The van der Waals surface area contributed by atoms with Gasteiger partial charge in [0, 0.05) is 31.9 Å². The van der Waals surface area contributed by atoms with Crippen molar-refractivity contribution in [2.24, 2.45) is 0 Å². The molecule has 1 amide bonds. The molecule has 1 saturated heterocycles. The fourth-order valence-corrected chi connectivity index (χ4v) is 3.34. The van der Waals surface area contributed by atoms with Gasteiger partial charge in [-0.3, -0.25) is 9.69 Å². The van der Waals surface area contributed by atoms with Gasteiger partial charge in [-0.25, -0.2) is 0 Å². The summed E-state index contributed by atoms with van der Waals surface area (Å²) in [6, 6.07) is 15.9. The Bertz CT molecular complexity index is 754. The smallest absolute Gasteiger partial charge is 0.241 e. The van der Waals surface area contributed by atoms with Gasteiger partial charge in [0.2, 0.25) is 5.91 Å². The SMILES string of the molecule is COc1ccccc1NC(=O)C(C)N1CCN(c2cccc(C)c2)CC1. The van der Waals surface area contributed by atoms with E-state index in [1.165, 1.54) is 11.3 Å². The minimum Gasteiger partial charge on any atom is -0.495 e. The molecule has 0 aromatic heterocycles. The lowest BCUT2D eigenvalue weighted by Crippen LogP contribution is -2.52. The molecule has 2 aromatic carbocycles. The second kappa shape index (κ2) is 8.23. The van der Waals surface area contributed by atoms with E-state index in [0.717, 1.165) is 26.2 Å². The molecule has 1 aliphatic rings. The number of amides is 1. The van der Waals surface area contributed by atoms with E-state index in [2.05, 4.69) is 46.3 Å². The molecule has 1 aliphatic heterocycles. The predicted octanol–water partition coefficient (Wildman–Crippen LogP) is 3.15. The molecule has 26 heavy (non-hydrogen) atoms. The molecular weight excluding hydrogens is 326 g/mol. The van der Waals surface area contributed by atoms with Crippen LogP contribution >= 0.6 is 0 Å². The molecule has 0 saturated carbocycles. The van der Waals surface area contributed by atoms with Gasteiger partial charge in [-0.1, -0.05) is 24.3 Å². The van der Waals surface area contributed by atoms with Gasteiger partial charge >= 0.3 is 0 Å². The van der Waals surface area contributed by atoms with Crippen LogP contribution in [0, 0.1) is 6.92 Å². The van der Waals surface area contributed by atoms with E-state index in [4.69, 9.17) is 4.74 Å². The number of nitrogens with one attached hydrogen (secondary N) is 1. The third kappa shape index (κ3) is 4.17. The highest BCUT2D eigenvalue weighted by atomic mass is 16.5. The zero-order valence-electron chi connectivity index (χ0n) is 15.7. The molecule has 138 valence electrons. The van der Waals surface area contributed by atoms with E-state index in [1.807, 2.05) is 31.2 Å². The Hall–Kier alpha value is -2.53. The molecule has 1 N–H and O–H groups in total. The summed E-state index contributed by atoms with van der Waals surface area (Å²) in [5, 5.41) is 2.99. The first-order valence-electron chi connectivity index (χ1n) is 9.08. The minimum atomic E-state index is -0.181. The summed E-state index contributed by atoms with van der Waals surface area (Å²) < 4.78 is 5.31. The average molecular weight is 353 g/mol. The van der Waals surface area contributed by atoms with E-state index in [-0.39, 0.29) is 11.9 Å². The molecule has 0 aliphatic carbocycles. The lowest BCUT2D eigenvalue weighted by atomic mass is 10.1. The largest absolute Gasteiger partial charge is 0.495 e. The molecule has 5 heteroatoms. The summed E-state index contributed by atoms with van der Waals surface area (Å²) in [5.74, 6) is 0.677. The Morgan fingerprint density at radius 3 is 2.50 bits per heavy atom. The number of aryl methyl sites for hydroxylation is 1. The molecule has 5 nitrogen and oxygen atoms in total. The maximum atomic E-state index is 12.7. The number of hydrogen-bond donors (Lipinski definition) is 1. The molecule has 0 radical (unpaired) electrons. The highest BCUT2D eigenvalue weighted by molar-refractivity contribution is 5.95. The van der Waals surface area contributed by atoms with Gasteiger partial charge in [0.05, 0.1) is 18.8 Å². The van der Waals surface area contributed by atoms with Crippen molar-refractivity contribution in [2.45, 2.75) is 19.9 Å². The van der Waals surface area contributed by atoms with Crippen molar-refractivity contribution in [3.63, 3.8) is 0 Å². The Morgan fingerprint density at radius 1 is 1.08 bits per heavy atom. The monoisotopic (exact) mass is 353 g/mol. The first-order chi connectivity index (χ1) is 12.6. The van der Waals surface area contributed by atoms with Gasteiger partial charge in [0.15, 0.2) is 0 Å². The number of anilines is 2. The number of carbonyl (C=O) groups excluding carboxylic acids is 1. The lowest BCUT2D eigenvalue weighted by molar-refractivity contribution is -0.120. The van der Waals surface area contributed by atoms with Crippen LogP contribution in [0.15, 0.2) is 48.5 Å². The van der Waals surface area contributed by atoms with Crippen molar-refractivity contribution in [3.05, 3.63) is 54.1 Å². The Balaban J connectivity index is 1.57. The van der Waals surface area contributed by atoms with Crippen LogP contribution in [0.3, 0.4) is 0 Å². The van der Waals surface area contributed by atoms with Crippen LogP contribution < -0.4 is 15.0 Å². The van der Waals surface area contributed by atoms with Crippen LogP contribution in [0.25, 0.3) is 0 Å². The maximum Gasteiger partial charge on any atom is 0.241 e. The van der Waals surface area contributed by atoms with Gasteiger partial charge in [-0.2, -0.15) is 0 Å². The number of rotatable bonds is 5. The normalized spacial score (nSPS) is 16.2. The molecule has 1 fully saturated rings. The fourth-order valence-electron chi connectivity index (χ4n) is 3.34. The molecule has 1 heterocycles. The van der Waals surface area contributed by atoms with E-state index in [0.29, 0.717) is 11.4 Å². The van der Waals surface area contributed by atoms with Crippen LogP contribution in [0.4, 0.5) is 11.4 Å². The Morgan fingerprint density at radius 2 is 1.81 bits per heavy atom. The van der Waals surface area contributed by atoms with E-state index >= 15 is 0 Å². The van der Waals surface area contributed by atoms with Crippen LogP contribution in [0.5, 0.6) is 5.75 Å². The molecule has 0 spiro atoms. The molecule has 2 aromatic rings. The van der Waals surface area contributed by atoms with Gasteiger partial charge in [0.1, 0.15) is 5.75 Å². The van der Waals surface area contributed by atoms with Crippen LogP contribution in [-0.2, 0) is 4.79 Å². The van der Waals surface area contributed by atoms with Crippen LogP contribution in [0.2, 0.25) is 0 Å². The molecule has 0 bridgehead atoms. The van der Waals surface area contributed by atoms with Crippen molar-refractivity contribution in [2.75, 3.05) is 43.5 Å². The maximum absolute atomic E-state index is 12.7. The van der Waals surface area contributed by atoms with Gasteiger partial charge in [0.25, 0.3) is 0 Å². The number of nitrogens with zero attached hydrogens (tertiary/aromatic N) is 2. The molecule has 1 unspecified atom stereocenters. The number of methoxy groups -OCH3 is 1. The third-order valence-corrected chi connectivity index (χ3v) is 4.97. The molecule has 3 rings (SSSR count). The highest BCUT2D eigenvalue weighted by Crippen LogP contribution is 2.24. The third-order valence-electron chi connectivity index (χ3n) is 4.97. The first-order valence-corrected chi connectivity index (χ1v) is 9.08. The Kier molecular flexibility index (Phi) is 5.78. The summed E-state index contributed by atoms with van der Waals surface area (Å²) in [6.07, 6.45) is 0. The second-order valence-electron chi connectivity index (χ2n) is 6.73. The van der Waals surface area contributed by atoms with Crippen molar-refractivity contribution in [1.82, 2.24) is 4.90 Å². The van der Waals surface area contributed by atoms with Gasteiger partial charge in [-0.15, -0.1) is 0 Å². The van der Waals surface area contributed by atoms with E-state index in [1.54, 1.807) is 7.11 Å². The summed E-state index contributed by atoms with van der Waals surface area (Å²) in [7, 11) is 1.61. The summed E-state index contributed by atoms with van der Waals surface area (Å²) in [6.45, 7) is 7.67. The van der Waals surface area contributed by atoms with Gasteiger partial charge < -0.3 is 15.0 Å². The standard InChI is InChI=1S/C21H27N3O2/c1-16-7-6-8-18(15-16)24-13-11-23(12-14-24)17(2)21(25)22-19-9-4-5-10-20(19)26-3/h4-10,15,17H,11-14H2,1-3H3,(H,22,25). The van der Waals surface area contributed by atoms with Crippen LogP contribution in [0.1, 0.15) is 12.5 Å². The van der Waals surface area contributed by atoms with Crippen molar-refractivity contribution in [1.29, 1.82) is 0 Å². The number of piperazine rings is 1. The summed E-state index contributed by atoms with van der Waals surface area (Å²) in [5.41, 5.74) is 3.25. The number of para-hydroxylation sites is 2. The predicted molar refractivity (Wildman–Crippen MR) is 106 cm³/mol. The fraction of sp³-hybridized carbons (Fsp3) is 0.381. The second-order valence-corrected chi connectivity index (χ2v) is 6.73.